The molecule has 4 saturated carbocycles. The SMILES string of the molecule is O=C(COC(=O)C1CC(O)CN1S(=O)(=O)c1ccc2c(c1)OCCO2)NC(=O)NC12CC3CC(CC(C3)C1)C2. The topological polar surface area (TPSA) is 161 Å². The first kappa shape index (κ1) is 26.3. The predicted molar refractivity (Wildman–Crippen MR) is 134 cm³/mol. The first-order valence-corrected chi connectivity index (χ1v) is 14.9. The molecule has 6 aliphatic rings. The van der Waals surface area contributed by atoms with E-state index in [1.54, 1.807) is 0 Å². The lowest BCUT2D eigenvalue weighted by Gasteiger charge is -2.56. The van der Waals surface area contributed by atoms with Crippen molar-refractivity contribution in [2.45, 2.75) is 67.5 Å². The van der Waals surface area contributed by atoms with Crippen molar-refractivity contribution in [3.05, 3.63) is 18.2 Å². The van der Waals surface area contributed by atoms with Crippen LogP contribution < -0.4 is 20.1 Å². The summed E-state index contributed by atoms with van der Waals surface area (Å²) in [6, 6.07) is 2.18. The van der Waals surface area contributed by atoms with Gasteiger partial charge >= 0.3 is 12.0 Å². The third-order valence-electron chi connectivity index (χ3n) is 8.64. The van der Waals surface area contributed by atoms with Crippen LogP contribution in [0.2, 0.25) is 0 Å². The van der Waals surface area contributed by atoms with E-state index in [0.29, 0.717) is 30.1 Å². The van der Waals surface area contributed by atoms with Gasteiger partial charge in [-0.25, -0.2) is 13.2 Å². The number of aliphatic hydroxyl groups is 1. The van der Waals surface area contributed by atoms with Crippen molar-refractivity contribution in [3.63, 3.8) is 0 Å². The molecule has 2 atom stereocenters. The van der Waals surface area contributed by atoms with E-state index in [0.717, 1.165) is 23.6 Å². The molecule has 4 aliphatic carbocycles. The molecule has 7 rings (SSSR count). The Morgan fingerprint density at radius 1 is 1.00 bits per heavy atom. The van der Waals surface area contributed by atoms with Crippen molar-refractivity contribution < 1.29 is 42.1 Å². The van der Waals surface area contributed by atoms with Crippen LogP contribution in [0.1, 0.15) is 44.9 Å². The Morgan fingerprint density at radius 2 is 1.64 bits per heavy atom. The molecule has 0 aromatic heterocycles. The van der Waals surface area contributed by atoms with Gasteiger partial charge in [0.1, 0.15) is 19.3 Å². The number of fused-ring (bicyclic) bond motifs is 1. The molecule has 4 bridgehead atoms. The normalized spacial score (nSPS) is 33.0. The van der Waals surface area contributed by atoms with Gasteiger partial charge < -0.3 is 24.6 Å². The average Bonchev–Trinajstić information content (AvgIpc) is 3.28. The number of aliphatic hydroxyl groups excluding tert-OH is 1. The third-order valence-corrected chi connectivity index (χ3v) is 10.5. The lowest BCUT2D eigenvalue weighted by atomic mass is 9.53. The average molecular weight is 564 g/mol. The Balaban J connectivity index is 1.05. The number of urea groups is 1. The zero-order valence-electron chi connectivity index (χ0n) is 21.5. The Morgan fingerprint density at radius 3 is 2.31 bits per heavy atom. The smallest absolute Gasteiger partial charge is 0.325 e. The second-order valence-corrected chi connectivity index (χ2v) is 13.5. The van der Waals surface area contributed by atoms with E-state index < -0.39 is 46.7 Å². The molecular formula is C26H33N3O9S. The summed E-state index contributed by atoms with van der Waals surface area (Å²) in [6.07, 6.45) is 5.15. The summed E-state index contributed by atoms with van der Waals surface area (Å²) < 4.78 is 43.5. The van der Waals surface area contributed by atoms with E-state index in [-0.39, 0.29) is 35.8 Å². The van der Waals surface area contributed by atoms with Crippen LogP contribution in [-0.4, -0.2) is 79.8 Å². The minimum absolute atomic E-state index is 0.127. The Bertz CT molecular complexity index is 1250. The van der Waals surface area contributed by atoms with Gasteiger partial charge in [0.05, 0.1) is 11.0 Å². The number of imide groups is 1. The minimum atomic E-state index is -4.21. The van der Waals surface area contributed by atoms with Gasteiger partial charge in [-0.15, -0.1) is 0 Å². The van der Waals surface area contributed by atoms with Crippen molar-refractivity contribution in [2.75, 3.05) is 26.4 Å². The maximum Gasteiger partial charge on any atom is 0.325 e. The number of benzene rings is 1. The molecule has 0 radical (unpaired) electrons. The van der Waals surface area contributed by atoms with Crippen LogP contribution in [0.25, 0.3) is 0 Å². The van der Waals surface area contributed by atoms with Gasteiger partial charge in [-0.05, 0) is 68.4 Å². The highest BCUT2D eigenvalue weighted by molar-refractivity contribution is 7.89. The number of carbonyl (C=O) groups excluding carboxylic acids is 3. The van der Waals surface area contributed by atoms with E-state index in [1.165, 1.54) is 37.5 Å². The van der Waals surface area contributed by atoms with Crippen molar-refractivity contribution in [1.82, 2.24) is 14.9 Å². The van der Waals surface area contributed by atoms with Crippen LogP contribution in [0.5, 0.6) is 11.5 Å². The maximum absolute atomic E-state index is 13.3. The molecular weight excluding hydrogens is 530 g/mol. The van der Waals surface area contributed by atoms with Crippen LogP contribution in [0.15, 0.2) is 23.1 Å². The van der Waals surface area contributed by atoms with Crippen molar-refractivity contribution in [3.8, 4) is 11.5 Å². The van der Waals surface area contributed by atoms with E-state index in [9.17, 15) is 27.9 Å². The molecule has 2 aliphatic heterocycles. The van der Waals surface area contributed by atoms with Gasteiger partial charge in [0.2, 0.25) is 10.0 Å². The highest BCUT2D eigenvalue weighted by Gasteiger charge is 2.51. The zero-order valence-corrected chi connectivity index (χ0v) is 22.3. The van der Waals surface area contributed by atoms with E-state index >= 15 is 0 Å². The molecule has 1 saturated heterocycles. The number of hydrogen-bond acceptors (Lipinski definition) is 9. The largest absolute Gasteiger partial charge is 0.486 e. The second-order valence-electron chi connectivity index (χ2n) is 11.6. The fourth-order valence-corrected chi connectivity index (χ4v) is 9.16. The molecule has 39 heavy (non-hydrogen) atoms. The molecule has 3 amide bonds. The Kier molecular flexibility index (Phi) is 6.71. The van der Waals surface area contributed by atoms with Crippen molar-refractivity contribution in [1.29, 1.82) is 0 Å². The molecule has 3 N–H and O–H groups in total. The van der Waals surface area contributed by atoms with Crippen molar-refractivity contribution in [2.24, 2.45) is 17.8 Å². The Hall–Kier alpha value is -2.90. The quantitative estimate of drug-likeness (QED) is 0.428. The minimum Gasteiger partial charge on any atom is -0.486 e. The summed E-state index contributed by atoms with van der Waals surface area (Å²) in [4.78, 5) is 37.7. The number of esters is 1. The highest BCUT2D eigenvalue weighted by atomic mass is 32.2. The maximum atomic E-state index is 13.3. The summed E-state index contributed by atoms with van der Waals surface area (Å²) in [5.41, 5.74) is -0.279. The lowest BCUT2D eigenvalue weighted by Crippen LogP contribution is -2.62. The highest BCUT2D eigenvalue weighted by Crippen LogP contribution is 2.55. The summed E-state index contributed by atoms with van der Waals surface area (Å²) in [7, 11) is -4.21. The number of hydrogen-bond donors (Lipinski definition) is 3. The molecule has 12 nitrogen and oxygen atoms in total. The number of amides is 3. The fraction of sp³-hybridized carbons (Fsp3) is 0.654. The third kappa shape index (κ3) is 5.19. The van der Waals surface area contributed by atoms with Crippen LogP contribution in [-0.2, 0) is 24.3 Å². The second kappa shape index (κ2) is 9.93. The van der Waals surface area contributed by atoms with Gasteiger partial charge in [0.25, 0.3) is 5.91 Å². The number of β-amino-alcohol motifs (C(OH)–C–C–N with tert-alkyl or cyclic N) is 1. The summed E-state index contributed by atoms with van der Waals surface area (Å²) in [5.74, 6) is 0.749. The van der Waals surface area contributed by atoms with Crippen LogP contribution in [0.3, 0.4) is 0 Å². The summed E-state index contributed by atoms with van der Waals surface area (Å²) >= 11 is 0. The summed E-state index contributed by atoms with van der Waals surface area (Å²) in [5, 5.41) is 15.4. The first-order valence-electron chi connectivity index (χ1n) is 13.5. The summed E-state index contributed by atoms with van der Waals surface area (Å²) in [6.45, 7) is -0.437. The number of carbonyl (C=O) groups is 3. The van der Waals surface area contributed by atoms with Gasteiger partial charge in [-0.3, -0.25) is 14.9 Å². The monoisotopic (exact) mass is 563 g/mol. The van der Waals surface area contributed by atoms with E-state index in [1.807, 2.05) is 0 Å². The lowest BCUT2D eigenvalue weighted by molar-refractivity contribution is -0.151. The molecule has 0 spiro atoms. The molecule has 1 aromatic carbocycles. The number of rotatable bonds is 6. The number of sulfonamides is 1. The van der Waals surface area contributed by atoms with Crippen molar-refractivity contribution >= 4 is 27.9 Å². The fourth-order valence-electron chi connectivity index (χ4n) is 7.52. The predicted octanol–water partition coefficient (Wildman–Crippen LogP) is 0.919. The van der Waals surface area contributed by atoms with Gasteiger partial charge in [-0.2, -0.15) is 4.31 Å². The van der Waals surface area contributed by atoms with Crippen LogP contribution in [0.4, 0.5) is 4.79 Å². The number of nitrogens with zero attached hydrogens (tertiary/aromatic N) is 1. The van der Waals surface area contributed by atoms with Gasteiger partial charge in [0.15, 0.2) is 18.1 Å². The molecule has 13 heteroatoms. The van der Waals surface area contributed by atoms with E-state index in [4.69, 9.17) is 14.2 Å². The van der Waals surface area contributed by atoms with E-state index in [2.05, 4.69) is 10.6 Å². The zero-order chi connectivity index (χ0) is 27.4. The van der Waals surface area contributed by atoms with Crippen LogP contribution in [0, 0.1) is 17.8 Å². The van der Waals surface area contributed by atoms with Gasteiger partial charge in [0, 0.05) is 24.6 Å². The molecule has 5 fully saturated rings. The van der Waals surface area contributed by atoms with Crippen LogP contribution >= 0.6 is 0 Å². The molecule has 2 unspecified atom stereocenters. The Labute approximate surface area is 226 Å². The molecule has 2 heterocycles. The standard InChI is InChI=1S/C26H33N3O9S/c30-18-8-20(29(13-18)39(34,35)19-1-2-21-22(9-19)37-4-3-36-21)24(32)38-14-23(31)27-25(33)28-26-10-15-5-16(11-26)7-17(6-15)12-26/h1-2,9,15-18,20,30H,3-8,10-14H2,(H2,27,28,31,33). The number of ether oxygens (including phenoxy) is 3. The molecule has 212 valence electrons. The van der Waals surface area contributed by atoms with Gasteiger partial charge in [-0.1, -0.05) is 0 Å². The molecule has 1 aromatic rings. The first-order chi connectivity index (χ1) is 18.6. The number of nitrogens with one attached hydrogen (secondary N) is 2.